The van der Waals surface area contributed by atoms with Crippen LogP contribution in [0.25, 0.3) is 0 Å². The minimum atomic E-state index is -3.78. The van der Waals surface area contributed by atoms with Gasteiger partial charge >= 0.3 is 0 Å². The van der Waals surface area contributed by atoms with Crippen LogP contribution in [0.15, 0.2) is 59.7 Å². The predicted octanol–water partition coefficient (Wildman–Crippen LogP) is 3.00. The summed E-state index contributed by atoms with van der Waals surface area (Å²) in [7, 11) is -2.23. The second-order valence-corrected chi connectivity index (χ2v) is 8.83. The van der Waals surface area contributed by atoms with E-state index in [9.17, 15) is 13.5 Å². The number of halogens is 2. The van der Waals surface area contributed by atoms with Crippen LogP contribution in [0.2, 0.25) is 0 Å². The Kier molecular flexibility index (Phi) is 5.99. The average Bonchev–Trinajstić information content (AvgIpc) is 2.90. The van der Waals surface area contributed by atoms with Gasteiger partial charge in [0.1, 0.15) is 10.6 Å². The molecule has 0 bridgehead atoms. The maximum absolute atomic E-state index is 12.3. The highest BCUT2D eigenvalue weighted by Gasteiger charge is 2.31. The maximum Gasteiger partial charge on any atom is 0.285 e. The molecular weight excluding hydrogens is 502 g/mol. The lowest BCUT2D eigenvalue weighted by Crippen LogP contribution is -2.29. The van der Waals surface area contributed by atoms with Gasteiger partial charge in [-0.2, -0.15) is 13.5 Å². The zero-order valence-electron chi connectivity index (χ0n) is 14.1. The molecule has 0 spiro atoms. The van der Waals surface area contributed by atoms with Crippen molar-refractivity contribution in [1.82, 2.24) is 5.01 Å². The van der Waals surface area contributed by atoms with Gasteiger partial charge in [0.05, 0.1) is 30.9 Å². The van der Waals surface area contributed by atoms with Crippen molar-refractivity contribution in [2.45, 2.75) is 4.90 Å². The van der Waals surface area contributed by atoms with Gasteiger partial charge in [-0.25, -0.2) is 5.01 Å². The molecule has 1 N–H and O–H groups in total. The lowest BCUT2D eigenvalue weighted by atomic mass is 10.2. The van der Waals surface area contributed by atoms with E-state index in [0.717, 1.165) is 8.95 Å². The number of fused-ring (bicyclic) bond motifs is 1. The van der Waals surface area contributed by atoms with E-state index >= 15 is 0 Å². The van der Waals surface area contributed by atoms with Gasteiger partial charge in [-0.05, 0) is 40.2 Å². The van der Waals surface area contributed by atoms with Crippen molar-refractivity contribution < 1.29 is 18.3 Å². The summed E-state index contributed by atoms with van der Waals surface area (Å²) in [6.07, 6.45) is 1.53. The summed E-state index contributed by atoms with van der Waals surface area (Å²) in [6.45, 7) is -0.144. The number of hydrogen-bond donors (Lipinski definition) is 1. The molecule has 2 aromatic rings. The van der Waals surface area contributed by atoms with Crippen LogP contribution < -0.4 is 4.74 Å². The van der Waals surface area contributed by atoms with Crippen LogP contribution in [0.5, 0.6) is 5.75 Å². The number of amidine groups is 1. The zero-order valence-corrected chi connectivity index (χ0v) is 18.1. The van der Waals surface area contributed by atoms with Crippen LogP contribution in [-0.4, -0.2) is 50.8 Å². The van der Waals surface area contributed by atoms with Gasteiger partial charge in [0, 0.05) is 15.6 Å². The molecule has 1 aliphatic rings. The van der Waals surface area contributed by atoms with Gasteiger partial charge in [-0.15, -0.1) is 4.40 Å². The Hall–Kier alpha value is -1.75. The first-order valence-corrected chi connectivity index (χ1v) is 10.8. The monoisotopic (exact) mass is 515 g/mol. The molecule has 7 nitrogen and oxygen atoms in total. The molecule has 142 valence electrons. The molecule has 0 atom stereocenters. The number of methoxy groups -OCH3 is 1. The molecule has 0 saturated heterocycles. The van der Waals surface area contributed by atoms with Crippen LogP contribution in [0, 0.1) is 0 Å². The fourth-order valence-electron chi connectivity index (χ4n) is 2.61. The van der Waals surface area contributed by atoms with Crippen LogP contribution in [0.4, 0.5) is 0 Å². The van der Waals surface area contributed by atoms with Crippen molar-refractivity contribution in [2.75, 3.05) is 20.3 Å². The Balaban J connectivity index is 2.03. The fourth-order valence-corrected chi connectivity index (χ4v) is 5.24. The van der Waals surface area contributed by atoms with Gasteiger partial charge < -0.3 is 9.84 Å². The first-order chi connectivity index (χ1) is 12.9. The molecule has 10 heteroatoms. The van der Waals surface area contributed by atoms with Gasteiger partial charge in [-0.1, -0.05) is 28.1 Å². The molecule has 0 fully saturated rings. The van der Waals surface area contributed by atoms with E-state index in [0.29, 0.717) is 16.9 Å². The fraction of sp³-hybridized carbons (Fsp3) is 0.176. The van der Waals surface area contributed by atoms with Crippen LogP contribution in [-0.2, 0) is 10.0 Å². The van der Waals surface area contributed by atoms with Crippen LogP contribution in [0.1, 0.15) is 11.1 Å². The second kappa shape index (κ2) is 8.09. The van der Waals surface area contributed by atoms with Gasteiger partial charge in [0.2, 0.25) is 0 Å². The minimum absolute atomic E-state index is 0.0800. The molecule has 0 aliphatic carbocycles. The third-order valence-electron chi connectivity index (χ3n) is 3.75. The molecule has 0 aromatic heterocycles. The Morgan fingerprint density at radius 1 is 1.30 bits per heavy atom. The highest BCUT2D eigenvalue weighted by atomic mass is 79.9. The predicted molar refractivity (Wildman–Crippen MR) is 110 cm³/mol. The third-order valence-corrected chi connectivity index (χ3v) is 6.12. The van der Waals surface area contributed by atoms with Crippen molar-refractivity contribution in [2.24, 2.45) is 9.50 Å². The van der Waals surface area contributed by atoms with Crippen molar-refractivity contribution in [3.63, 3.8) is 0 Å². The molecule has 0 unspecified atom stereocenters. The summed E-state index contributed by atoms with van der Waals surface area (Å²) in [5.41, 5.74) is 1.11. The number of nitrogens with zero attached hydrogens (tertiary/aromatic N) is 3. The zero-order chi connectivity index (χ0) is 19.6. The van der Waals surface area contributed by atoms with Crippen molar-refractivity contribution in [3.05, 3.63) is 56.5 Å². The largest absolute Gasteiger partial charge is 0.495 e. The van der Waals surface area contributed by atoms with E-state index in [1.807, 2.05) is 12.1 Å². The summed E-state index contributed by atoms with van der Waals surface area (Å²) in [5, 5.41) is 15.1. The number of aliphatic hydroxyl groups is 1. The molecule has 2 aromatic carbocycles. The third kappa shape index (κ3) is 4.08. The quantitative estimate of drug-likeness (QED) is 0.487. The molecule has 0 radical (unpaired) electrons. The lowest BCUT2D eigenvalue weighted by molar-refractivity contribution is 0.254. The van der Waals surface area contributed by atoms with E-state index in [1.54, 1.807) is 25.3 Å². The first-order valence-electron chi connectivity index (χ1n) is 7.77. The summed E-state index contributed by atoms with van der Waals surface area (Å²) in [5.74, 6) is 0.746. The number of sulfonamides is 1. The smallest absolute Gasteiger partial charge is 0.285 e. The maximum atomic E-state index is 12.3. The summed E-state index contributed by atoms with van der Waals surface area (Å²) in [6, 6.07) is 10.2. The van der Waals surface area contributed by atoms with Gasteiger partial charge in [0.15, 0.2) is 5.84 Å². The Morgan fingerprint density at radius 3 is 2.74 bits per heavy atom. The Bertz CT molecular complexity index is 1040. The van der Waals surface area contributed by atoms with E-state index < -0.39 is 10.0 Å². The van der Waals surface area contributed by atoms with E-state index in [2.05, 4.69) is 41.4 Å². The first kappa shape index (κ1) is 20.0. The van der Waals surface area contributed by atoms with Crippen molar-refractivity contribution in [1.29, 1.82) is 0 Å². The van der Waals surface area contributed by atoms with Crippen molar-refractivity contribution >= 4 is 53.9 Å². The van der Waals surface area contributed by atoms with E-state index in [1.165, 1.54) is 17.3 Å². The number of ether oxygens (including phenoxy) is 1. The number of benzene rings is 2. The topological polar surface area (TPSA) is 91.6 Å². The number of aliphatic hydroxyl groups excluding tert-OH is 1. The SMILES string of the molecule is COc1c(Br)cc(Br)cc1/C=N/N(CCO)C1=NS(=O)(=O)c2ccccc21. The average molecular weight is 517 g/mol. The number of rotatable bonds is 5. The molecule has 1 heterocycles. The Morgan fingerprint density at radius 2 is 2.04 bits per heavy atom. The number of hydrogen-bond acceptors (Lipinski definition) is 6. The summed E-state index contributed by atoms with van der Waals surface area (Å²) >= 11 is 6.84. The molecule has 1 aliphatic heterocycles. The van der Waals surface area contributed by atoms with Crippen LogP contribution in [0.3, 0.4) is 0 Å². The highest BCUT2D eigenvalue weighted by Crippen LogP contribution is 2.32. The summed E-state index contributed by atoms with van der Waals surface area (Å²) in [4.78, 5) is 0.126. The molecule has 0 amide bonds. The van der Waals surface area contributed by atoms with Crippen molar-refractivity contribution in [3.8, 4) is 5.75 Å². The molecule has 27 heavy (non-hydrogen) atoms. The summed E-state index contributed by atoms with van der Waals surface area (Å²) < 4.78 is 35.3. The van der Waals surface area contributed by atoms with Gasteiger partial charge in [-0.3, -0.25) is 0 Å². The normalized spacial score (nSPS) is 14.9. The van der Waals surface area contributed by atoms with E-state index in [4.69, 9.17) is 4.74 Å². The Labute approximate surface area is 173 Å². The molecule has 0 saturated carbocycles. The highest BCUT2D eigenvalue weighted by molar-refractivity contribution is 9.11. The van der Waals surface area contributed by atoms with E-state index in [-0.39, 0.29) is 23.9 Å². The second-order valence-electron chi connectivity index (χ2n) is 5.49. The minimum Gasteiger partial charge on any atom is -0.495 e. The lowest BCUT2D eigenvalue weighted by Gasteiger charge is -2.18. The molecular formula is C17H15Br2N3O4S. The van der Waals surface area contributed by atoms with Gasteiger partial charge in [0.25, 0.3) is 10.0 Å². The molecule has 3 rings (SSSR count). The van der Waals surface area contributed by atoms with Crippen LogP contribution >= 0.6 is 31.9 Å². The number of hydrazone groups is 1. The standard InChI is InChI=1S/C17H15Br2N3O4S/c1-26-16-11(8-12(18)9-14(16)19)10-20-22(6-7-23)17-13-4-2-3-5-15(13)27(24,25)21-17/h2-5,8-10,23H,6-7H2,1H3/b20-10+.